The van der Waals surface area contributed by atoms with Crippen LogP contribution in [0.3, 0.4) is 0 Å². The molecular formula is C25H19FN4. The molecule has 0 aliphatic rings. The first-order chi connectivity index (χ1) is 14.7. The highest BCUT2D eigenvalue weighted by Crippen LogP contribution is 2.36. The van der Waals surface area contributed by atoms with E-state index in [4.69, 9.17) is 0 Å². The average molecular weight is 394 g/mol. The Kier molecular flexibility index (Phi) is 4.48. The number of hydrogen-bond acceptors (Lipinski definition) is 3. The van der Waals surface area contributed by atoms with Gasteiger partial charge < -0.3 is 9.88 Å². The van der Waals surface area contributed by atoms with Crippen LogP contribution >= 0.6 is 0 Å². The van der Waals surface area contributed by atoms with Gasteiger partial charge in [-0.3, -0.25) is 0 Å². The van der Waals surface area contributed by atoms with E-state index in [9.17, 15) is 4.39 Å². The molecule has 0 aliphatic carbocycles. The summed E-state index contributed by atoms with van der Waals surface area (Å²) in [4.78, 5) is 9.10. The molecule has 3 aromatic carbocycles. The van der Waals surface area contributed by atoms with Gasteiger partial charge in [-0.05, 0) is 48.9 Å². The number of halogens is 1. The fourth-order valence-electron chi connectivity index (χ4n) is 3.57. The number of hydrogen-bond donors (Lipinski definition) is 1. The Bertz CT molecular complexity index is 1310. The molecule has 0 saturated heterocycles. The van der Waals surface area contributed by atoms with Crippen LogP contribution < -0.4 is 5.32 Å². The van der Waals surface area contributed by atoms with Gasteiger partial charge in [0.2, 0.25) is 0 Å². The lowest BCUT2D eigenvalue weighted by atomic mass is 10.1. The van der Waals surface area contributed by atoms with Crippen molar-refractivity contribution in [1.82, 2.24) is 14.5 Å². The van der Waals surface area contributed by atoms with E-state index < -0.39 is 0 Å². The Labute approximate surface area is 173 Å². The molecule has 0 radical (unpaired) electrons. The molecule has 0 amide bonds. The number of benzene rings is 3. The van der Waals surface area contributed by atoms with Crippen LogP contribution in [-0.4, -0.2) is 14.5 Å². The van der Waals surface area contributed by atoms with Crippen LogP contribution in [0.2, 0.25) is 0 Å². The van der Waals surface area contributed by atoms with Crippen LogP contribution in [0.25, 0.3) is 27.8 Å². The molecule has 0 bridgehead atoms. The molecule has 0 aliphatic heterocycles. The highest BCUT2D eigenvalue weighted by Gasteiger charge is 2.17. The maximum atomic E-state index is 13.5. The minimum absolute atomic E-state index is 0.269. The summed E-state index contributed by atoms with van der Waals surface area (Å²) >= 11 is 0. The third kappa shape index (κ3) is 3.31. The van der Waals surface area contributed by atoms with E-state index in [2.05, 4.69) is 46.5 Å². The third-order valence-electron chi connectivity index (χ3n) is 5.09. The monoisotopic (exact) mass is 394 g/mol. The average Bonchev–Trinajstić information content (AvgIpc) is 3.17. The summed E-state index contributed by atoms with van der Waals surface area (Å²) in [5.41, 5.74) is 5.80. The molecule has 0 saturated carbocycles. The summed E-state index contributed by atoms with van der Waals surface area (Å²) in [6, 6.07) is 24.7. The number of aryl methyl sites for hydroxylation is 1. The van der Waals surface area contributed by atoms with Gasteiger partial charge in [0.15, 0.2) is 5.65 Å². The zero-order valence-electron chi connectivity index (χ0n) is 16.4. The number of aromatic nitrogens is 3. The zero-order valence-corrected chi connectivity index (χ0v) is 16.4. The fraction of sp³-hybridized carbons (Fsp3) is 0.0400. The predicted octanol–water partition coefficient (Wildman–Crippen LogP) is 6.28. The standard InChI is InChI=1S/C25H19FN4/c1-17-7-11-20(12-8-17)29-24-23-22(18-5-3-2-4-6-18)15-30(25(23)28-16-27-24)21-13-9-19(26)10-14-21/h2-16H,1H3,(H,27,28,29). The van der Waals surface area contributed by atoms with Gasteiger partial charge in [0, 0.05) is 23.1 Å². The molecule has 5 heteroatoms. The second-order valence-electron chi connectivity index (χ2n) is 7.17. The van der Waals surface area contributed by atoms with Crippen LogP contribution in [0.4, 0.5) is 15.9 Å². The van der Waals surface area contributed by atoms with Crippen LogP contribution in [0.1, 0.15) is 5.56 Å². The van der Waals surface area contributed by atoms with Crippen molar-refractivity contribution in [2.75, 3.05) is 5.32 Å². The largest absolute Gasteiger partial charge is 0.340 e. The molecule has 0 fully saturated rings. The van der Waals surface area contributed by atoms with Crippen molar-refractivity contribution in [3.63, 3.8) is 0 Å². The number of rotatable bonds is 4. The first-order valence-corrected chi connectivity index (χ1v) is 9.70. The maximum absolute atomic E-state index is 13.5. The lowest BCUT2D eigenvalue weighted by Crippen LogP contribution is -1.98. The van der Waals surface area contributed by atoms with Gasteiger partial charge in [-0.2, -0.15) is 0 Å². The topological polar surface area (TPSA) is 42.7 Å². The van der Waals surface area contributed by atoms with Gasteiger partial charge >= 0.3 is 0 Å². The molecule has 5 rings (SSSR count). The van der Waals surface area contributed by atoms with Crippen molar-refractivity contribution in [2.24, 2.45) is 0 Å². The maximum Gasteiger partial charge on any atom is 0.150 e. The van der Waals surface area contributed by atoms with E-state index in [-0.39, 0.29) is 5.82 Å². The van der Waals surface area contributed by atoms with Gasteiger partial charge in [-0.25, -0.2) is 14.4 Å². The zero-order chi connectivity index (χ0) is 20.5. The van der Waals surface area contributed by atoms with Crippen molar-refractivity contribution >= 4 is 22.5 Å². The Morgan fingerprint density at radius 2 is 1.57 bits per heavy atom. The summed E-state index contributed by atoms with van der Waals surface area (Å²) in [5, 5.41) is 4.34. The highest BCUT2D eigenvalue weighted by molar-refractivity contribution is 6.03. The summed E-state index contributed by atoms with van der Waals surface area (Å²) in [7, 11) is 0. The Balaban J connectivity index is 1.73. The summed E-state index contributed by atoms with van der Waals surface area (Å²) in [6.45, 7) is 2.06. The number of nitrogens with one attached hydrogen (secondary N) is 1. The van der Waals surface area contributed by atoms with Crippen LogP contribution in [0.5, 0.6) is 0 Å². The number of nitrogens with zero attached hydrogens (tertiary/aromatic N) is 3. The van der Waals surface area contributed by atoms with Gasteiger partial charge in [0.25, 0.3) is 0 Å². The summed E-state index contributed by atoms with van der Waals surface area (Å²) < 4.78 is 15.4. The van der Waals surface area contributed by atoms with Crippen molar-refractivity contribution in [3.05, 3.63) is 103 Å². The second-order valence-corrected chi connectivity index (χ2v) is 7.17. The summed E-state index contributed by atoms with van der Waals surface area (Å²) in [6.07, 6.45) is 3.58. The Morgan fingerprint density at radius 3 is 2.30 bits per heavy atom. The molecule has 146 valence electrons. The molecule has 2 aromatic heterocycles. The lowest BCUT2D eigenvalue weighted by Gasteiger charge is -2.09. The van der Waals surface area contributed by atoms with Gasteiger partial charge in [0.05, 0.1) is 5.39 Å². The van der Waals surface area contributed by atoms with E-state index in [0.717, 1.165) is 39.4 Å². The fourth-order valence-corrected chi connectivity index (χ4v) is 3.57. The minimum Gasteiger partial charge on any atom is -0.340 e. The molecule has 1 N–H and O–H groups in total. The predicted molar refractivity (Wildman–Crippen MR) is 119 cm³/mol. The van der Waals surface area contributed by atoms with Crippen LogP contribution in [0, 0.1) is 12.7 Å². The normalized spacial score (nSPS) is 11.0. The van der Waals surface area contributed by atoms with Crippen molar-refractivity contribution < 1.29 is 4.39 Å². The van der Waals surface area contributed by atoms with Crippen molar-refractivity contribution in [2.45, 2.75) is 6.92 Å². The smallest absolute Gasteiger partial charge is 0.150 e. The molecule has 4 nitrogen and oxygen atoms in total. The molecule has 30 heavy (non-hydrogen) atoms. The Hall–Kier alpha value is -3.99. The van der Waals surface area contributed by atoms with E-state index in [1.807, 2.05) is 41.1 Å². The van der Waals surface area contributed by atoms with Crippen LogP contribution in [0.15, 0.2) is 91.4 Å². The first-order valence-electron chi connectivity index (χ1n) is 9.70. The van der Waals surface area contributed by atoms with E-state index in [1.165, 1.54) is 17.7 Å². The van der Waals surface area contributed by atoms with E-state index in [0.29, 0.717) is 0 Å². The molecular weight excluding hydrogens is 375 g/mol. The second kappa shape index (κ2) is 7.44. The molecule has 0 unspecified atom stereocenters. The number of anilines is 2. The quantitative estimate of drug-likeness (QED) is 0.390. The molecule has 5 aromatic rings. The number of fused-ring (bicyclic) bond motifs is 1. The Morgan fingerprint density at radius 1 is 0.833 bits per heavy atom. The lowest BCUT2D eigenvalue weighted by molar-refractivity contribution is 0.627. The molecule has 0 spiro atoms. The minimum atomic E-state index is -0.269. The SMILES string of the molecule is Cc1ccc(Nc2ncnc3c2c(-c2ccccc2)cn3-c2ccc(F)cc2)cc1. The van der Waals surface area contributed by atoms with E-state index >= 15 is 0 Å². The van der Waals surface area contributed by atoms with Gasteiger partial charge in [0.1, 0.15) is 18.0 Å². The molecule has 0 atom stereocenters. The van der Waals surface area contributed by atoms with Gasteiger partial charge in [-0.15, -0.1) is 0 Å². The van der Waals surface area contributed by atoms with Crippen LogP contribution in [-0.2, 0) is 0 Å². The van der Waals surface area contributed by atoms with E-state index in [1.54, 1.807) is 18.5 Å². The van der Waals surface area contributed by atoms with Crippen molar-refractivity contribution in [1.29, 1.82) is 0 Å². The summed E-state index contributed by atoms with van der Waals surface area (Å²) in [5.74, 6) is 0.457. The van der Waals surface area contributed by atoms with Gasteiger partial charge in [-0.1, -0.05) is 48.0 Å². The highest BCUT2D eigenvalue weighted by atomic mass is 19.1. The third-order valence-corrected chi connectivity index (χ3v) is 5.09. The first kappa shape index (κ1) is 18.1. The molecule has 2 heterocycles. The van der Waals surface area contributed by atoms with Crippen molar-refractivity contribution in [3.8, 4) is 16.8 Å².